The summed E-state index contributed by atoms with van der Waals surface area (Å²) in [5.74, 6) is -0.676. The van der Waals surface area contributed by atoms with E-state index in [2.05, 4.69) is 5.32 Å². The van der Waals surface area contributed by atoms with E-state index in [0.717, 1.165) is 15.4 Å². The molecule has 0 unspecified atom stereocenters. The first-order chi connectivity index (χ1) is 18.8. The summed E-state index contributed by atoms with van der Waals surface area (Å²) in [5.41, 5.74) is 2.61. The van der Waals surface area contributed by atoms with Gasteiger partial charge >= 0.3 is 0 Å². The Hall–Kier alpha value is -3.07. The van der Waals surface area contributed by atoms with Crippen LogP contribution in [0, 0.1) is 19.8 Å². The van der Waals surface area contributed by atoms with E-state index in [-0.39, 0.29) is 29.0 Å². The minimum atomic E-state index is -4.17. The highest BCUT2D eigenvalue weighted by atomic mass is 35.5. The maximum atomic E-state index is 14.0. The molecule has 0 saturated heterocycles. The maximum absolute atomic E-state index is 14.0. The highest BCUT2D eigenvalue weighted by molar-refractivity contribution is 7.92. The van der Waals surface area contributed by atoms with E-state index in [9.17, 15) is 18.0 Å². The number of carbonyl (C=O) groups is 2. The predicted octanol–water partition coefficient (Wildman–Crippen LogP) is 6.00. The van der Waals surface area contributed by atoms with Crippen molar-refractivity contribution in [2.45, 2.75) is 52.1 Å². The summed E-state index contributed by atoms with van der Waals surface area (Å²) >= 11 is 12.5. The third-order valence-corrected chi connectivity index (χ3v) is 8.86. The van der Waals surface area contributed by atoms with Gasteiger partial charge < -0.3 is 10.2 Å². The number of nitrogens with zero attached hydrogens (tertiary/aromatic N) is 2. The van der Waals surface area contributed by atoms with Crippen LogP contribution < -0.4 is 9.62 Å². The van der Waals surface area contributed by atoms with E-state index < -0.39 is 28.5 Å². The molecular weight excluding hydrogens is 569 g/mol. The normalized spacial score (nSPS) is 12.2. The number of nitrogens with one attached hydrogen (secondary N) is 1. The van der Waals surface area contributed by atoms with Crippen LogP contribution in [-0.4, -0.2) is 44.3 Å². The maximum Gasteiger partial charge on any atom is 0.264 e. The fraction of sp³-hybridized carbons (Fsp3) is 0.333. The van der Waals surface area contributed by atoms with E-state index >= 15 is 0 Å². The standard InChI is InChI=1S/C30H35Cl2N3O4S/c1-20(2)17-33-30(37)23(5)34(18-24-7-6-8-25(31)15-24)29(36)19-35(26-12-11-22(4)28(32)16-26)40(38,39)27-13-9-21(3)10-14-27/h6-16,20,23H,17-19H2,1-5H3,(H,33,37)/t23-/m0/s1. The van der Waals surface area contributed by atoms with Crippen molar-refractivity contribution >= 4 is 50.7 Å². The van der Waals surface area contributed by atoms with E-state index in [1.807, 2.05) is 20.8 Å². The van der Waals surface area contributed by atoms with E-state index in [1.54, 1.807) is 62.4 Å². The van der Waals surface area contributed by atoms with Crippen molar-refractivity contribution in [1.82, 2.24) is 10.2 Å². The highest BCUT2D eigenvalue weighted by Crippen LogP contribution is 2.29. The molecule has 2 amide bonds. The van der Waals surface area contributed by atoms with Gasteiger partial charge in [0.1, 0.15) is 12.6 Å². The average Bonchev–Trinajstić information content (AvgIpc) is 2.90. The molecule has 0 spiro atoms. The Labute approximate surface area is 247 Å². The molecule has 0 radical (unpaired) electrons. The first kappa shape index (κ1) is 31.5. The smallest absolute Gasteiger partial charge is 0.264 e. The monoisotopic (exact) mass is 603 g/mol. The third kappa shape index (κ3) is 7.99. The van der Waals surface area contributed by atoms with Gasteiger partial charge in [0, 0.05) is 23.1 Å². The Balaban J connectivity index is 2.04. The van der Waals surface area contributed by atoms with Gasteiger partial charge in [-0.3, -0.25) is 13.9 Å². The molecule has 0 bridgehead atoms. The van der Waals surface area contributed by atoms with Crippen molar-refractivity contribution < 1.29 is 18.0 Å². The van der Waals surface area contributed by atoms with Crippen LogP contribution in [0.5, 0.6) is 0 Å². The lowest BCUT2D eigenvalue weighted by molar-refractivity contribution is -0.139. The van der Waals surface area contributed by atoms with Crippen molar-refractivity contribution in [3.05, 3.63) is 93.5 Å². The topological polar surface area (TPSA) is 86.8 Å². The molecule has 0 heterocycles. The summed E-state index contributed by atoms with van der Waals surface area (Å²) in [7, 11) is -4.17. The number of anilines is 1. The molecule has 0 aliphatic carbocycles. The zero-order valence-corrected chi connectivity index (χ0v) is 25.6. The third-order valence-electron chi connectivity index (χ3n) is 6.43. The number of hydrogen-bond acceptors (Lipinski definition) is 4. The second kappa shape index (κ2) is 13.5. The lowest BCUT2D eigenvalue weighted by Gasteiger charge is -2.32. The van der Waals surface area contributed by atoms with Crippen LogP contribution in [0.25, 0.3) is 0 Å². The number of carbonyl (C=O) groups excluding carboxylic acids is 2. The number of benzene rings is 3. The van der Waals surface area contributed by atoms with Crippen molar-refractivity contribution in [3.63, 3.8) is 0 Å². The summed E-state index contributed by atoms with van der Waals surface area (Å²) in [4.78, 5) is 28.4. The molecule has 1 N–H and O–H groups in total. The summed E-state index contributed by atoms with van der Waals surface area (Å²) in [6.07, 6.45) is 0. The quantitative estimate of drug-likeness (QED) is 0.291. The van der Waals surface area contributed by atoms with Crippen LogP contribution >= 0.6 is 23.2 Å². The van der Waals surface area contributed by atoms with Gasteiger partial charge in [-0.15, -0.1) is 0 Å². The van der Waals surface area contributed by atoms with Gasteiger partial charge in [-0.1, -0.05) is 72.9 Å². The largest absolute Gasteiger partial charge is 0.354 e. The van der Waals surface area contributed by atoms with E-state index in [0.29, 0.717) is 22.2 Å². The summed E-state index contributed by atoms with van der Waals surface area (Å²) in [6.45, 7) is 9.19. The minimum Gasteiger partial charge on any atom is -0.354 e. The van der Waals surface area contributed by atoms with Gasteiger partial charge in [0.05, 0.1) is 10.6 Å². The van der Waals surface area contributed by atoms with Crippen molar-refractivity contribution in [2.75, 3.05) is 17.4 Å². The van der Waals surface area contributed by atoms with Gasteiger partial charge in [0.2, 0.25) is 11.8 Å². The summed E-state index contributed by atoms with van der Waals surface area (Å²) < 4.78 is 28.8. The van der Waals surface area contributed by atoms with E-state index in [4.69, 9.17) is 23.2 Å². The van der Waals surface area contributed by atoms with Gasteiger partial charge in [0.25, 0.3) is 10.0 Å². The number of rotatable bonds is 11. The summed E-state index contributed by atoms with van der Waals surface area (Å²) in [5, 5.41) is 3.72. The molecule has 3 rings (SSSR count). The SMILES string of the molecule is Cc1ccc(S(=O)(=O)N(CC(=O)N(Cc2cccc(Cl)c2)[C@@H](C)C(=O)NCC(C)C)c2ccc(C)c(Cl)c2)cc1. The van der Waals surface area contributed by atoms with Gasteiger partial charge in [-0.05, 0) is 74.2 Å². The van der Waals surface area contributed by atoms with Crippen LogP contribution in [0.1, 0.15) is 37.5 Å². The van der Waals surface area contributed by atoms with Crippen LogP contribution in [0.15, 0.2) is 71.6 Å². The molecular formula is C30H35Cl2N3O4S. The molecule has 3 aromatic rings. The Kier molecular flexibility index (Phi) is 10.6. The number of amides is 2. The number of aryl methyl sites for hydroxylation is 2. The van der Waals surface area contributed by atoms with Crippen LogP contribution in [0.4, 0.5) is 5.69 Å². The molecule has 40 heavy (non-hydrogen) atoms. The predicted molar refractivity (Wildman–Crippen MR) is 161 cm³/mol. The molecule has 0 aromatic heterocycles. The molecule has 0 fully saturated rings. The zero-order valence-electron chi connectivity index (χ0n) is 23.3. The lowest BCUT2D eigenvalue weighted by Crippen LogP contribution is -2.51. The lowest BCUT2D eigenvalue weighted by atomic mass is 10.1. The average molecular weight is 605 g/mol. The molecule has 0 aliphatic rings. The second-order valence-corrected chi connectivity index (χ2v) is 12.9. The van der Waals surface area contributed by atoms with Gasteiger partial charge in [-0.2, -0.15) is 0 Å². The Morgan fingerprint density at radius 1 is 0.925 bits per heavy atom. The molecule has 214 valence electrons. The molecule has 10 heteroatoms. The van der Waals surface area contributed by atoms with Crippen LogP contribution in [0.2, 0.25) is 10.0 Å². The van der Waals surface area contributed by atoms with Crippen molar-refractivity contribution in [3.8, 4) is 0 Å². The Bertz CT molecular complexity index is 1460. The molecule has 0 saturated carbocycles. The van der Waals surface area contributed by atoms with Gasteiger partial charge in [0.15, 0.2) is 0 Å². The van der Waals surface area contributed by atoms with Crippen LogP contribution in [-0.2, 0) is 26.2 Å². The summed E-state index contributed by atoms with van der Waals surface area (Å²) in [6, 6.07) is 17.3. The number of halogens is 2. The molecule has 7 nitrogen and oxygen atoms in total. The van der Waals surface area contributed by atoms with Crippen LogP contribution in [0.3, 0.4) is 0 Å². The minimum absolute atomic E-state index is 0.0340. The highest BCUT2D eigenvalue weighted by Gasteiger charge is 2.32. The fourth-order valence-electron chi connectivity index (χ4n) is 3.97. The second-order valence-electron chi connectivity index (χ2n) is 10.2. The fourth-order valence-corrected chi connectivity index (χ4v) is 5.76. The van der Waals surface area contributed by atoms with Crippen molar-refractivity contribution in [2.24, 2.45) is 5.92 Å². The molecule has 0 aliphatic heterocycles. The zero-order chi connectivity index (χ0) is 29.6. The van der Waals surface area contributed by atoms with E-state index in [1.165, 1.54) is 23.1 Å². The Morgan fingerprint density at radius 3 is 2.20 bits per heavy atom. The molecule has 3 aromatic carbocycles. The Morgan fingerprint density at radius 2 is 1.60 bits per heavy atom. The van der Waals surface area contributed by atoms with Crippen molar-refractivity contribution in [1.29, 1.82) is 0 Å². The number of hydrogen-bond donors (Lipinski definition) is 1. The first-order valence-corrected chi connectivity index (χ1v) is 15.2. The first-order valence-electron chi connectivity index (χ1n) is 13.0. The van der Waals surface area contributed by atoms with Gasteiger partial charge in [-0.25, -0.2) is 8.42 Å². The molecule has 1 atom stereocenters. The number of sulfonamides is 1.